The molecule has 2 nitrogen and oxygen atoms in total. The average Bonchev–Trinajstić information content (AvgIpc) is 2.88. The molecular formula is C15H12BrClO2. The van der Waals surface area contributed by atoms with Crippen LogP contribution in [0.5, 0.6) is 0 Å². The SMILES string of the molecule is OC(c1ccc(Br)c(Cl)c1)c1ccc2c(c1)COC2. The van der Waals surface area contributed by atoms with Crippen molar-refractivity contribution in [3.8, 4) is 0 Å². The van der Waals surface area contributed by atoms with Crippen molar-refractivity contribution in [3.05, 3.63) is 68.1 Å². The Labute approximate surface area is 125 Å². The van der Waals surface area contributed by atoms with E-state index < -0.39 is 6.10 Å². The summed E-state index contributed by atoms with van der Waals surface area (Å²) in [5, 5.41) is 11.0. The zero-order chi connectivity index (χ0) is 13.4. The summed E-state index contributed by atoms with van der Waals surface area (Å²) in [5.41, 5.74) is 4.00. The van der Waals surface area contributed by atoms with Crippen molar-refractivity contribution in [2.75, 3.05) is 0 Å². The first-order valence-corrected chi connectivity index (χ1v) is 7.15. The summed E-state index contributed by atoms with van der Waals surface area (Å²) in [4.78, 5) is 0. The highest BCUT2D eigenvalue weighted by atomic mass is 79.9. The fourth-order valence-electron chi connectivity index (χ4n) is 2.24. The molecule has 1 unspecified atom stereocenters. The van der Waals surface area contributed by atoms with E-state index in [1.807, 2.05) is 30.3 Å². The van der Waals surface area contributed by atoms with E-state index in [-0.39, 0.29) is 0 Å². The fraction of sp³-hybridized carbons (Fsp3) is 0.200. The minimum atomic E-state index is -0.670. The maximum Gasteiger partial charge on any atom is 0.104 e. The van der Waals surface area contributed by atoms with Gasteiger partial charge in [0.1, 0.15) is 6.10 Å². The predicted octanol–water partition coefficient (Wildman–Crippen LogP) is 4.21. The monoisotopic (exact) mass is 338 g/mol. The van der Waals surface area contributed by atoms with Gasteiger partial charge < -0.3 is 9.84 Å². The largest absolute Gasteiger partial charge is 0.384 e. The highest BCUT2D eigenvalue weighted by molar-refractivity contribution is 9.10. The molecule has 2 aromatic rings. The summed E-state index contributed by atoms with van der Waals surface area (Å²) in [6.45, 7) is 1.28. The van der Waals surface area contributed by atoms with Crippen molar-refractivity contribution in [3.63, 3.8) is 0 Å². The highest BCUT2D eigenvalue weighted by Gasteiger charge is 2.16. The van der Waals surface area contributed by atoms with E-state index in [0.29, 0.717) is 18.2 Å². The fourth-order valence-corrected chi connectivity index (χ4v) is 2.67. The summed E-state index contributed by atoms with van der Waals surface area (Å²) in [6.07, 6.45) is -0.670. The lowest BCUT2D eigenvalue weighted by Crippen LogP contribution is -2.00. The van der Waals surface area contributed by atoms with Gasteiger partial charge in [-0.3, -0.25) is 0 Å². The Balaban J connectivity index is 1.94. The summed E-state index contributed by atoms with van der Waals surface area (Å²) in [7, 11) is 0. The number of aliphatic hydroxyl groups excluding tert-OH is 1. The van der Waals surface area contributed by atoms with Crippen LogP contribution >= 0.6 is 27.5 Å². The Bertz CT molecular complexity index is 628. The standard InChI is InChI=1S/C15H12BrClO2/c16-13-4-3-10(6-14(13)17)15(18)9-1-2-11-7-19-8-12(11)5-9/h1-6,15,18H,7-8H2. The molecule has 1 aliphatic heterocycles. The van der Waals surface area contributed by atoms with E-state index in [9.17, 15) is 5.11 Å². The Morgan fingerprint density at radius 3 is 2.53 bits per heavy atom. The molecule has 1 N–H and O–H groups in total. The van der Waals surface area contributed by atoms with Crippen LogP contribution in [-0.4, -0.2) is 5.11 Å². The maximum absolute atomic E-state index is 10.4. The number of fused-ring (bicyclic) bond motifs is 1. The number of aliphatic hydroxyl groups is 1. The van der Waals surface area contributed by atoms with Gasteiger partial charge in [0.2, 0.25) is 0 Å². The number of halogens is 2. The van der Waals surface area contributed by atoms with Crippen LogP contribution in [0.25, 0.3) is 0 Å². The van der Waals surface area contributed by atoms with Gasteiger partial charge in [-0.15, -0.1) is 0 Å². The van der Waals surface area contributed by atoms with Crippen LogP contribution in [0.4, 0.5) is 0 Å². The molecule has 0 saturated heterocycles. The number of hydrogen-bond donors (Lipinski definition) is 1. The third kappa shape index (κ3) is 2.56. The van der Waals surface area contributed by atoms with Gasteiger partial charge in [0.15, 0.2) is 0 Å². The molecule has 0 aliphatic carbocycles. The van der Waals surface area contributed by atoms with Crippen molar-refractivity contribution in [2.45, 2.75) is 19.3 Å². The zero-order valence-corrected chi connectivity index (χ0v) is 12.4. The molecule has 19 heavy (non-hydrogen) atoms. The van der Waals surface area contributed by atoms with Crippen LogP contribution in [0, 0.1) is 0 Å². The summed E-state index contributed by atoms with van der Waals surface area (Å²) >= 11 is 9.41. The molecule has 0 bridgehead atoms. The van der Waals surface area contributed by atoms with Gasteiger partial charge in [-0.1, -0.05) is 35.9 Å². The minimum Gasteiger partial charge on any atom is -0.384 e. The smallest absolute Gasteiger partial charge is 0.104 e. The van der Waals surface area contributed by atoms with Gasteiger partial charge in [0.25, 0.3) is 0 Å². The molecule has 0 fully saturated rings. The van der Waals surface area contributed by atoms with Crippen molar-refractivity contribution < 1.29 is 9.84 Å². The highest BCUT2D eigenvalue weighted by Crippen LogP contribution is 2.31. The van der Waals surface area contributed by atoms with Gasteiger partial charge in [0, 0.05) is 4.47 Å². The first-order valence-electron chi connectivity index (χ1n) is 5.97. The molecule has 1 aliphatic rings. The Kier molecular flexibility index (Phi) is 3.63. The van der Waals surface area contributed by atoms with E-state index in [2.05, 4.69) is 15.9 Å². The summed E-state index contributed by atoms with van der Waals surface area (Å²) < 4.78 is 6.21. The first-order chi connectivity index (χ1) is 9.15. The van der Waals surface area contributed by atoms with Crippen LogP contribution in [0.3, 0.4) is 0 Å². The molecule has 4 heteroatoms. The van der Waals surface area contributed by atoms with Crippen molar-refractivity contribution in [1.29, 1.82) is 0 Å². The van der Waals surface area contributed by atoms with E-state index >= 15 is 0 Å². The average molecular weight is 340 g/mol. The molecule has 98 valence electrons. The van der Waals surface area contributed by atoms with Crippen LogP contribution in [0.2, 0.25) is 5.02 Å². The molecule has 3 rings (SSSR count). The zero-order valence-electron chi connectivity index (χ0n) is 10.1. The maximum atomic E-state index is 10.4. The summed E-state index contributed by atoms with van der Waals surface area (Å²) in [6, 6.07) is 11.4. The normalized spacial score (nSPS) is 15.3. The van der Waals surface area contributed by atoms with Gasteiger partial charge >= 0.3 is 0 Å². The molecule has 1 heterocycles. The van der Waals surface area contributed by atoms with Crippen molar-refractivity contribution in [2.24, 2.45) is 0 Å². The lowest BCUT2D eigenvalue weighted by atomic mass is 9.98. The van der Waals surface area contributed by atoms with Crippen molar-refractivity contribution >= 4 is 27.5 Å². The molecular weight excluding hydrogens is 328 g/mol. The predicted molar refractivity (Wildman–Crippen MR) is 78.1 cm³/mol. The van der Waals surface area contributed by atoms with E-state index in [1.165, 1.54) is 5.56 Å². The Morgan fingerprint density at radius 2 is 1.74 bits per heavy atom. The van der Waals surface area contributed by atoms with E-state index in [4.69, 9.17) is 16.3 Å². The van der Waals surface area contributed by atoms with Gasteiger partial charge in [0.05, 0.1) is 18.2 Å². The topological polar surface area (TPSA) is 29.5 Å². The van der Waals surface area contributed by atoms with Crippen LogP contribution in [0.1, 0.15) is 28.4 Å². The molecule has 1 atom stereocenters. The van der Waals surface area contributed by atoms with Crippen LogP contribution in [0.15, 0.2) is 40.9 Å². The molecule has 0 amide bonds. The Morgan fingerprint density at radius 1 is 1.05 bits per heavy atom. The van der Waals surface area contributed by atoms with Gasteiger partial charge in [-0.25, -0.2) is 0 Å². The molecule has 2 aromatic carbocycles. The molecule has 0 aromatic heterocycles. The molecule has 0 saturated carbocycles. The van der Waals surface area contributed by atoms with E-state index in [1.54, 1.807) is 6.07 Å². The second-order valence-corrected chi connectivity index (χ2v) is 5.86. The molecule has 0 spiro atoms. The third-order valence-corrected chi connectivity index (χ3v) is 4.55. The van der Waals surface area contributed by atoms with Crippen LogP contribution in [-0.2, 0) is 18.0 Å². The Hall–Kier alpha value is -0.870. The number of benzene rings is 2. The van der Waals surface area contributed by atoms with E-state index in [0.717, 1.165) is 21.2 Å². The minimum absolute atomic E-state index is 0.598. The molecule has 0 radical (unpaired) electrons. The van der Waals surface area contributed by atoms with Gasteiger partial charge in [-0.2, -0.15) is 0 Å². The number of hydrogen-bond acceptors (Lipinski definition) is 2. The third-order valence-electron chi connectivity index (χ3n) is 3.32. The number of ether oxygens (including phenoxy) is 1. The summed E-state index contributed by atoms with van der Waals surface area (Å²) in [5.74, 6) is 0. The lowest BCUT2D eigenvalue weighted by Gasteiger charge is -2.13. The number of rotatable bonds is 2. The van der Waals surface area contributed by atoms with Crippen molar-refractivity contribution in [1.82, 2.24) is 0 Å². The quantitative estimate of drug-likeness (QED) is 0.888. The van der Waals surface area contributed by atoms with Gasteiger partial charge in [-0.05, 0) is 50.3 Å². The second kappa shape index (κ2) is 5.25. The van der Waals surface area contributed by atoms with Crippen LogP contribution < -0.4 is 0 Å². The second-order valence-electron chi connectivity index (χ2n) is 4.60. The first kappa shape index (κ1) is 13.1. The lowest BCUT2D eigenvalue weighted by molar-refractivity contribution is 0.134.